The summed E-state index contributed by atoms with van der Waals surface area (Å²) in [7, 11) is 1.73. The first kappa shape index (κ1) is 23.0. The van der Waals surface area contributed by atoms with Crippen molar-refractivity contribution >= 4 is 29.7 Å². The number of pyridine rings is 1. The standard InChI is InChI=1S/C23H28ClN3O4/c1-15(2)8-9-18-20-19(13-25-21(18)16-6-4-7-17(24)12-16)26(3)23(30)27(22(20)29)10-5-11-31-14-28/h4,6-7,12-15,23,30H,5,8-11H2,1-3H3. The van der Waals surface area contributed by atoms with Crippen LogP contribution in [0.2, 0.25) is 5.02 Å². The predicted octanol–water partition coefficient (Wildman–Crippen LogP) is 3.72. The van der Waals surface area contributed by atoms with Crippen molar-refractivity contribution in [1.82, 2.24) is 9.88 Å². The zero-order valence-electron chi connectivity index (χ0n) is 18.0. The number of rotatable bonds is 9. The first-order chi connectivity index (χ1) is 14.8. The molecule has 0 aliphatic carbocycles. The van der Waals surface area contributed by atoms with Gasteiger partial charge in [0, 0.05) is 24.2 Å². The summed E-state index contributed by atoms with van der Waals surface area (Å²) in [4.78, 5) is 31.6. The van der Waals surface area contributed by atoms with Crippen LogP contribution in [0.4, 0.5) is 5.69 Å². The van der Waals surface area contributed by atoms with Crippen molar-refractivity contribution in [3.05, 3.63) is 46.6 Å². The Kier molecular flexibility index (Phi) is 7.51. The monoisotopic (exact) mass is 445 g/mol. The van der Waals surface area contributed by atoms with Crippen LogP contribution in [-0.4, -0.2) is 53.9 Å². The molecule has 2 heterocycles. The number of aromatic nitrogens is 1. The number of fused-ring (bicyclic) bond motifs is 1. The molecule has 1 atom stereocenters. The molecule has 0 radical (unpaired) electrons. The summed E-state index contributed by atoms with van der Waals surface area (Å²) in [6, 6.07) is 7.44. The molecule has 166 valence electrons. The van der Waals surface area contributed by atoms with Crippen LogP contribution in [0.5, 0.6) is 0 Å². The molecule has 2 aromatic rings. The largest absolute Gasteiger partial charge is 0.468 e. The number of carbonyl (C=O) groups is 2. The Morgan fingerprint density at radius 2 is 2.13 bits per heavy atom. The second kappa shape index (κ2) is 10.1. The van der Waals surface area contributed by atoms with E-state index in [0.29, 0.717) is 41.5 Å². The minimum atomic E-state index is -1.12. The molecule has 0 bridgehead atoms. The van der Waals surface area contributed by atoms with Gasteiger partial charge in [-0.1, -0.05) is 37.6 Å². The van der Waals surface area contributed by atoms with Crippen molar-refractivity contribution in [3.8, 4) is 11.3 Å². The number of carbonyl (C=O) groups excluding carboxylic acids is 2. The van der Waals surface area contributed by atoms with E-state index in [1.165, 1.54) is 4.90 Å². The van der Waals surface area contributed by atoms with Gasteiger partial charge in [-0.2, -0.15) is 0 Å². The number of anilines is 1. The summed E-state index contributed by atoms with van der Waals surface area (Å²) in [6.07, 6.45) is 2.51. The van der Waals surface area contributed by atoms with E-state index in [9.17, 15) is 14.7 Å². The minimum absolute atomic E-state index is 0.181. The van der Waals surface area contributed by atoms with Gasteiger partial charge < -0.3 is 14.7 Å². The van der Waals surface area contributed by atoms with Crippen molar-refractivity contribution in [2.45, 2.75) is 39.5 Å². The quantitative estimate of drug-likeness (QED) is 0.468. The van der Waals surface area contributed by atoms with Crippen LogP contribution in [0.25, 0.3) is 11.3 Å². The van der Waals surface area contributed by atoms with Crippen LogP contribution < -0.4 is 4.90 Å². The summed E-state index contributed by atoms with van der Waals surface area (Å²) in [5.74, 6) is 0.192. The lowest BCUT2D eigenvalue weighted by Gasteiger charge is -2.41. The zero-order chi connectivity index (χ0) is 22.5. The Morgan fingerprint density at radius 1 is 1.35 bits per heavy atom. The molecular formula is C23H28ClN3O4. The van der Waals surface area contributed by atoms with Gasteiger partial charge in [-0.15, -0.1) is 0 Å². The number of halogens is 1. The molecule has 0 spiro atoms. The van der Waals surface area contributed by atoms with E-state index < -0.39 is 6.35 Å². The van der Waals surface area contributed by atoms with Gasteiger partial charge in [-0.05, 0) is 42.9 Å². The molecule has 1 unspecified atom stereocenters. The first-order valence-electron chi connectivity index (χ1n) is 10.4. The van der Waals surface area contributed by atoms with E-state index in [2.05, 4.69) is 18.8 Å². The summed E-state index contributed by atoms with van der Waals surface area (Å²) < 4.78 is 4.73. The molecule has 1 aliphatic heterocycles. The van der Waals surface area contributed by atoms with Crippen molar-refractivity contribution in [3.63, 3.8) is 0 Å². The lowest BCUT2D eigenvalue weighted by Crippen LogP contribution is -2.54. The average Bonchev–Trinajstić information content (AvgIpc) is 2.75. The molecule has 1 aromatic heterocycles. The van der Waals surface area contributed by atoms with Gasteiger partial charge in [-0.3, -0.25) is 19.5 Å². The molecule has 1 N–H and O–H groups in total. The third-order valence-corrected chi connectivity index (χ3v) is 5.67. The molecule has 1 amide bonds. The maximum atomic E-state index is 13.5. The molecule has 0 saturated heterocycles. The van der Waals surface area contributed by atoms with Crippen molar-refractivity contribution in [1.29, 1.82) is 0 Å². The Balaban J connectivity index is 2.08. The predicted molar refractivity (Wildman–Crippen MR) is 120 cm³/mol. The zero-order valence-corrected chi connectivity index (χ0v) is 18.8. The molecule has 0 saturated carbocycles. The molecule has 31 heavy (non-hydrogen) atoms. The number of ether oxygens (including phenoxy) is 1. The van der Waals surface area contributed by atoms with Crippen LogP contribution >= 0.6 is 11.6 Å². The van der Waals surface area contributed by atoms with Gasteiger partial charge in [0.25, 0.3) is 12.4 Å². The molecular weight excluding hydrogens is 418 g/mol. The van der Waals surface area contributed by atoms with Gasteiger partial charge in [-0.25, -0.2) is 0 Å². The molecule has 3 rings (SSSR count). The highest BCUT2D eigenvalue weighted by molar-refractivity contribution is 6.30. The molecule has 7 nitrogen and oxygen atoms in total. The topological polar surface area (TPSA) is 83.0 Å². The van der Waals surface area contributed by atoms with E-state index in [1.807, 2.05) is 18.2 Å². The first-order valence-corrected chi connectivity index (χ1v) is 10.8. The molecule has 0 fully saturated rings. The number of hydrogen-bond donors (Lipinski definition) is 1. The highest BCUT2D eigenvalue weighted by Gasteiger charge is 2.37. The van der Waals surface area contributed by atoms with E-state index >= 15 is 0 Å². The van der Waals surface area contributed by atoms with Crippen LogP contribution in [0.15, 0.2) is 30.5 Å². The Morgan fingerprint density at radius 3 is 2.81 bits per heavy atom. The van der Waals surface area contributed by atoms with Gasteiger partial charge in [0.1, 0.15) is 0 Å². The normalized spacial score (nSPS) is 15.9. The van der Waals surface area contributed by atoms with Crippen LogP contribution in [0.1, 0.15) is 42.6 Å². The van der Waals surface area contributed by atoms with Crippen molar-refractivity contribution in [2.75, 3.05) is 25.1 Å². The van der Waals surface area contributed by atoms with Gasteiger partial charge in [0.2, 0.25) is 6.35 Å². The summed E-state index contributed by atoms with van der Waals surface area (Å²) in [5, 5.41) is 11.3. The van der Waals surface area contributed by atoms with Gasteiger partial charge in [0.15, 0.2) is 0 Å². The van der Waals surface area contributed by atoms with E-state index in [0.717, 1.165) is 23.2 Å². The highest BCUT2D eigenvalue weighted by atomic mass is 35.5. The van der Waals surface area contributed by atoms with Crippen molar-refractivity contribution < 1.29 is 19.4 Å². The molecule has 1 aromatic carbocycles. The van der Waals surface area contributed by atoms with Gasteiger partial charge >= 0.3 is 0 Å². The smallest absolute Gasteiger partial charge is 0.293 e. The SMILES string of the molecule is CC(C)CCc1c(-c2cccc(Cl)c2)ncc2c1C(=O)N(CCCOC=O)C(O)N2C. The second-order valence-electron chi connectivity index (χ2n) is 8.06. The summed E-state index contributed by atoms with van der Waals surface area (Å²) in [5.41, 5.74) is 3.58. The van der Waals surface area contributed by atoms with Crippen LogP contribution in [0, 0.1) is 5.92 Å². The fraction of sp³-hybridized carbons (Fsp3) is 0.435. The molecule has 1 aliphatic rings. The lowest BCUT2D eigenvalue weighted by atomic mass is 9.91. The second-order valence-corrected chi connectivity index (χ2v) is 8.50. The van der Waals surface area contributed by atoms with Crippen LogP contribution in [0.3, 0.4) is 0 Å². The summed E-state index contributed by atoms with van der Waals surface area (Å²) in [6.45, 7) is 5.09. The third-order valence-electron chi connectivity index (χ3n) is 5.44. The number of aliphatic hydroxyl groups is 1. The maximum absolute atomic E-state index is 13.5. The summed E-state index contributed by atoms with van der Waals surface area (Å²) >= 11 is 6.21. The number of benzene rings is 1. The number of amides is 1. The Bertz CT molecular complexity index is 950. The average molecular weight is 446 g/mol. The number of aliphatic hydroxyl groups excluding tert-OH is 1. The minimum Gasteiger partial charge on any atom is -0.468 e. The van der Waals surface area contributed by atoms with E-state index in [4.69, 9.17) is 16.3 Å². The fourth-order valence-corrected chi connectivity index (χ4v) is 3.96. The highest BCUT2D eigenvalue weighted by Crippen LogP contribution is 2.37. The number of hydrogen-bond acceptors (Lipinski definition) is 6. The van der Waals surface area contributed by atoms with Crippen LogP contribution in [-0.2, 0) is 16.0 Å². The molecule has 8 heteroatoms. The van der Waals surface area contributed by atoms with E-state index in [1.54, 1.807) is 24.2 Å². The third kappa shape index (κ3) is 4.99. The Labute approximate surface area is 187 Å². The Hall–Kier alpha value is -2.64. The fourth-order valence-electron chi connectivity index (χ4n) is 3.77. The van der Waals surface area contributed by atoms with Gasteiger partial charge in [0.05, 0.1) is 29.7 Å². The maximum Gasteiger partial charge on any atom is 0.293 e. The number of nitrogens with zero attached hydrogens (tertiary/aromatic N) is 3. The van der Waals surface area contributed by atoms with Crippen molar-refractivity contribution in [2.24, 2.45) is 5.92 Å². The van der Waals surface area contributed by atoms with E-state index in [-0.39, 0.29) is 19.1 Å². The lowest BCUT2D eigenvalue weighted by molar-refractivity contribution is -0.128.